The molecule has 1 fully saturated rings. The van der Waals surface area contributed by atoms with E-state index in [-0.39, 0.29) is 36.3 Å². The van der Waals surface area contributed by atoms with Crippen LogP contribution in [0, 0.1) is 29.1 Å². The fourth-order valence-corrected chi connectivity index (χ4v) is 6.59. The van der Waals surface area contributed by atoms with Crippen molar-refractivity contribution in [3.8, 4) is 12.3 Å². The van der Waals surface area contributed by atoms with Gasteiger partial charge in [-0.3, -0.25) is 4.79 Å². The monoisotopic (exact) mass is 433 g/mol. The number of anilines is 1. The third kappa shape index (κ3) is 4.10. The summed E-state index contributed by atoms with van der Waals surface area (Å²) in [6.07, 6.45) is 9.47. The maximum absolute atomic E-state index is 12.7. The Balaban J connectivity index is 1.99. The standard InChI is InChI=1S/C23H35N3O3S/c1-5-7-11-25-21-26-20-15(12-19(29)24-10-6-2)22(3)9-8-18(28)23(4,14-27)17(22)13-16(20)30-21/h2,15,17-18,27-28H,5,7-14H2,1,3-4H3,(H,24,29)(H,25,26)/t15-,17-,18-,22+,23+/m1/s1. The molecule has 166 valence electrons. The number of amides is 1. The van der Waals surface area contributed by atoms with Crippen molar-refractivity contribution in [2.24, 2.45) is 16.7 Å². The summed E-state index contributed by atoms with van der Waals surface area (Å²) in [5.74, 6) is 2.39. The van der Waals surface area contributed by atoms with Crippen molar-refractivity contribution in [1.29, 1.82) is 0 Å². The summed E-state index contributed by atoms with van der Waals surface area (Å²) in [6, 6.07) is 0. The Kier molecular flexibility index (Phi) is 7.11. The van der Waals surface area contributed by atoms with E-state index in [1.165, 1.54) is 4.88 Å². The molecule has 0 radical (unpaired) electrons. The summed E-state index contributed by atoms with van der Waals surface area (Å²) in [5.41, 5.74) is 0.176. The minimum atomic E-state index is -0.599. The summed E-state index contributed by atoms with van der Waals surface area (Å²) < 4.78 is 0. The number of hydrogen-bond donors (Lipinski definition) is 4. The van der Waals surface area contributed by atoms with Gasteiger partial charge in [-0.15, -0.1) is 17.8 Å². The molecule has 3 rings (SSSR count). The number of fused-ring (bicyclic) bond motifs is 2. The Morgan fingerprint density at radius 2 is 2.20 bits per heavy atom. The zero-order valence-corrected chi connectivity index (χ0v) is 19.1. The summed E-state index contributed by atoms with van der Waals surface area (Å²) in [6.45, 7) is 7.38. The van der Waals surface area contributed by atoms with Crippen LogP contribution < -0.4 is 10.6 Å². The van der Waals surface area contributed by atoms with E-state index in [1.807, 2.05) is 6.92 Å². The Morgan fingerprint density at radius 3 is 2.87 bits per heavy atom. The Hall–Kier alpha value is -1.62. The van der Waals surface area contributed by atoms with Gasteiger partial charge in [-0.25, -0.2) is 4.98 Å². The highest BCUT2D eigenvalue weighted by Crippen LogP contribution is 2.62. The lowest BCUT2D eigenvalue weighted by molar-refractivity contribution is -0.144. The molecule has 1 heterocycles. The fourth-order valence-electron chi connectivity index (χ4n) is 5.50. The third-order valence-corrected chi connectivity index (χ3v) is 8.53. The molecule has 0 saturated heterocycles. The van der Waals surface area contributed by atoms with Crippen molar-refractivity contribution in [2.75, 3.05) is 25.0 Å². The third-order valence-electron chi connectivity index (χ3n) is 7.48. The van der Waals surface area contributed by atoms with Gasteiger partial charge in [0.1, 0.15) is 0 Å². The second-order valence-electron chi connectivity index (χ2n) is 9.33. The molecular weight excluding hydrogens is 398 g/mol. The first kappa shape index (κ1) is 23.1. The van der Waals surface area contributed by atoms with Gasteiger partial charge >= 0.3 is 0 Å². The van der Waals surface area contributed by atoms with Crippen LogP contribution in [0.25, 0.3) is 0 Å². The molecule has 0 bridgehead atoms. The lowest BCUT2D eigenvalue weighted by atomic mass is 9.47. The smallest absolute Gasteiger partial charge is 0.221 e. The van der Waals surface area contributed by atoms with Gasteiger partial charge in [-0.1, -0.05) is 33.1 Å². The van der Waals surface area contributed by atoms with Gasteiger partial charge in [0.2, 0.25) is 5.91 Å². The van der Waals surface area contributed by atoms with E-state index in [0.717, 1.165) is 43.1 Å². The van der Waals surface area contributed by atoms with Crippen LogP contribution in [0.4, 0.5) is 5.13 Å². The number of unbranched alkanes of at least 4 members (excludes halogenated alkanes) is 1. The molecule has 2 aliphatic carbocycles. The second-order valence-corrected chi connectivity index (χ2v) is 10.4. The lowest BCUT2D eigenvalue weighted by Crippen LogP contribution is -2.57. The molecule has 0 aromatic carbocycles. The zero-order chi connectivity index (χ0) is 21.9. The van der Waals surface area contributed by atoms with Gasteiger partial charge in [0.25, 0.3) is 0 Å². The number of terminal acetylenes is 1. The average molecular weight is 434 g/mol. The lowest BCUT2D eigenvalue weighted by Gasteiger charge is -2.58. The van der Waals surface area contributed by atoms with Crippen LogP contribution in [0.2, 0.25) is 0 Å². The first-order chi connectivity index (χ1) is 14.3. The molecule has 1 amide bonds. The number of nitrogens with zero attached hydrogens (tertiary/aromatic N) is 1. The molecule has 1 aromatic rings. The molecule has 0 aliphatic heterocycles. The predicted octanol–water partition coefficient (Wildman–Crippen LogP) is 2.91. The highest BCUT2D eigenvalue weighted by Gasteiger charge is 2.59. The van der Waals surface area contributed by atoms with Crippen molar-refractivity contribution in [3.63, 3.8) is 0 Å². The number of thiazole rings is 1. The molecule has 5 atom stereocenters. The van der Waals surface area contributed by atoms with E-state index in [9.17, 15) is 15.0 Å². The number of aromatic nitrogens is 1. The van der Waals surface area contributed by atoms with Crippen molar-refractivity contribution >= 4 is 22.4 Å². The van der Waals surface area contributed by atoms with E-state index >= 15 is 0 Å². The van der Waals surface area contributed by atoms with Crippen molar-refractivity contribution in [1.82, 2.24) is 10.3 Å². The van der Waals surface area contributed by atoms with Crippen LogP contribution in [-0.4, -0.2) is 46.9 Å². The molecule has 6 nitrogen and oxygen atoms in total. The van der Waals surface area contributed by atoms with Crippen LogP contribution in [0.3, 0.4) is 0 Å². The Morgan fingerprint density at radius 1 is 1.43 bits per heavy atom. The molecule has 1 saturated carbocycles. The molecule has 7 heteroatoms. The van der Waals surface area contributed by atoms with Gasteiger partial charge in [0.15, 0.2) is 5.13 Å². The minimum Gasteiger partial charge on any atom is -0.396 e. The van der Waals surface area contributed by atoms with Crippen LogP contribution in [0.5, 0.6) is 0 Å². The molecule has 4 N–H and O–H groups in total. The maximum Gasteiger partial charge on any atom is 0.221 e. The van der Waals surface area contributed by atoms with Gasteiger partial charge in [-0.2, -0.15) is 0 Å². The highest BCUT2D eigenvalue weighted by atomic mass is 32.1. The van der Waals surface area contributed by atoms with E-state index < -0.39 is 11.5 Å². The molecule has 1 aromatic heterocycles. The first-order valence-electron chi connectivity index (χ1n) is 11.0. The van der Waals surface area contributed by atoms with E-state index in [1.54, 1.807) is 11.3 Å². The fraction of sp³-hybridized carbons (Fsp3) is 0.739. The topological polar surface area (TPSA) is 94.5 Å². The number of nitrogens with one attached hydrogen (secondary N) is 2. The molecule has 0 unspecified atom stereocenters. The SMILES string of the molecule is C#CCNC(=O)C[C@@H]1c2nc(NCCCC)sc2C[C@H]2[C@](C)(CO)[C@H](O)CC[C@]21C. The van der Waals surface area contributed by atoms with Crippen molar-refractivity contribution < 1.29 is 15.0 Å². The van der Waals surface area contributed by atoms with Crippen molar-refractivity contribution in [2.45, 2.75) is 71.3 Å². The Bertz CT molecular complexity index is 804. The van der Waals surface area contributed by atoms with Gasteiger partial charge in [-0.05, 0) is 37.0 Å². The van der Waals surface area contributed by atoms with E-state index in [4.69, 9.17) is 11.4 Å². The van der Waals surface area contributed by atoms with Crippen LogP contribution in [-0.2, 0) is 11.2 Å². The molecular formula is C23H35N3O3S. The molecule has 0 spiro atoms. The molecule has 2 aliphatic rings. The van der Waals surface area contributed by atoms with Crippen molar-refractivity contribution in [3.05, 3.63) is 10.6 Å². The van der Waals surface area contributed by atoms with Gasteiger partial charge < -0.3 is 20.8 Å². The second kappa shape index (κ2) is 9.25. The van der Waals surface area contributed by atoms with E-state index in [0.29, 0.717) is 12.8 Å². The number of carbonyl (C=O) groups is 1. The summed E-state index contributed by atoms with van der Waals surface area (Å²) in [4.78, 5) is 18.8. The summed E-state index contributed by atoms with van der Waals surface area (Å²) >= 11 is 1.65. The average Bonchev–Trinajstić information content (AvgIpc) is 3.13. The Labute approximate surface area is 183 Å². The van der Waals surface area contributed by atoms with E-state index in [2.05, 4.69) is 30.4 Å². The summed E-state index contributed by atoms with van der Waals surface area (Å²) in [7, 11) is 0. The normalized spacial score (nSPS) is 32.6. The largest absolute Gasteiger partial charge is 0.396 e. The van der Waals surface area contributed by atoms with Crippen LogP contribution in [0.15, 0.2) is 0 Å². The van der Waals surface area contributed by atoms with Gasteiger partial charge in [0, 0.05) is 29.2 Å². The number of aliphatic hydroxyl groups excluding tert-OH is 2. The number of aliphatic hydroxyl groups is 2. The number of carbonyl (C=O) groups excluding carboxylic acids is 1. The first-order valence-corrected chi connectivity index (χ1v) is 11.8. The van der Waals surface area contributed by atoms with Crippen LogP contribution in [0.1, 0.15) is 69.4 Å². The minimum absolute atomic E-state index is 0.0691. The highest BCUT2D eigenvalue weighted by molar-refractivity contribution is 7.15. The predicted molar refractivity (Wildman–Crippen MR) is 120 cm³/mol. The van der Waals surface area contributed by atoms with Gasteiger partial charge in [0.05, 0.1) is 24.9 Å². The number of rotatable bonds is 8. The quantitative estimate of drug-likeness (QED) is 0.374. The number of hydrogen-bond acceptors (Lipinski definition) is 6. The summed E-state index contributed by atoms with van der Waals surface area (Å²) in [5, 5.41) is 28.2. The zero-order valence-electron chi connectivity index (χ0n) is 18.3. The molecule has 30 heavy (non-hydrogen) atoms. The van der Waals surface area contributed by atoms with Crippen LogP contribution >= 0.6 is 11.3 Å². The maximum atomic E-state index is 12.7.